The van der Waals surface area contributed by atoms with Gasteiger partial charge in [0, 0.05) is 12.1 Å². The third kappa shape index (κ3) is 1.61. The Hall–Kier alpha value is -1.38. The third-order valence-electron chi connectivity index (χ3n) is 1.74. The lowest BCUT2D eigenvalue weighted by Gasteiger charge is -2.13. The lowest BCUT2D eigenvalue weighted by Crippen LogP contribution is -2.24. The molecule has 0 spiro atoms. The summed E-state index contributed by atoms with van der Waals surface area (Å²) >= 11 is 0. The van der Waals surface area contributed by atoms with Crippen LogP contribution in [0, 0.1) is 5.92 Å². The summed E-state index contributed by atoms with van der Waals surface area (Å²) in [5, 5.41) is 0. The summed E-state index contributed by atoms with van der Waals surface area (Å²) in [4.78, 5) is 15.0. The molecule has 0 saturated heterocycles. The molecule has 1 aliphatic rings. The molecular weight excluding hydrogens is 154 g/mol. The number of carbonyl (C=O) groups excluding carboxylic acids is 1. The van der Waals surface area contributed by atoms with Gasteiger partial charge < -0.3 is 4.74 Å². The number of methoxy groups -OCH3 is 1. The van der Waals surface area contributed by atoms with Gasteiger partial charge >= 0.3 is 5.97 Å². The van der Waals surface area contributed by atoms with Crippen molar-refractivity contribution in [1.82, 2.24) is 0 Å². The Balaban J connectivity index is 2.83. The summed E-state index contributed by atoms with van der Waals surface area (Å²) in [5.41, 5.74) is 0.440. The molecule has 3 nitrogen and oxygen atoms in total. The van der Waals surface area contributed by atoms with E-state index in [0.717, 1.165) is 6.42 Å². The van der Waals surface area contributed by atoms with E-state index in [0.29, 0.717) is 5.71 Å². The van der Waals surface area contributed by atoms with Gasteiger partial charge in [-0.25, -0.2) is 4.79 Å². The van der Waals surface area contributed by atoms with Gasteiger partial charge in [-0.15, -0.1) is 6.58 Å². The van der Waals surface area contributed by atoms with Crippen molar-refractivity contribution in [3.63, 3.8) is 0 Å². The maximum Gasteiger partial charge on any atom is 0.353 e. The number of aliphatic imine (C=N–C) groups is 1. The van der Waals surface area contributed by atoms with Gasteiger partial charge in [0.25, 0.3) is 0 Å². The number of nitrogens with zero attached hydrogens (tertiary/aromatic N) is 1. The van der Waals surface area contributed by atoms with E-state index in [-0.39, 0.29) is 11.9 Å². The van der Waals surface area contributed by atoms with Crippen LogP contribution in [0.4, 0.5) is 0 Å². The van der Waals surface area contributed by atoms with E-state index >= 15 is 0 Å². The molecule has 0 unspecified atom stereocenters. The maximum atomic E-state index is 11.1. The Morgan fingerprint density at radius 2 is 2.67 bits per heavy atom. The van der Waals surface area contributed by atoms with Crippen LogP contribution in [0.15, 0.2) is 29.9 Å². The summed E-state index contributed by atoms with van der Waals surface area (Å²) in [5.74, 6) is -0.369. The molecule has 1 rings (SSSR count). The Morgan fingerprint density at radius 3 is 3.25 bits per heavy atom. The largest absolute Gasteiger partial charge is 0.465 e. The summed E-state index contributed by atoms with van der Waals surface area (Å²) in [6.07, 6.45) is 6.00. The van der Waals surface area contributed by atoms with Crippen LogP contribution in [0.5, 0.6) is 0 Å². The van der Waals surface area contributed by atoms with E-state index in [1.807, 2.05) is 6.08 Å². The number of hydrogen-bond acceptors (Lipinski definition) is 3. The molecule has 0 saturated carbocycles. The molecule has 0 bridgehead atoms. The topological polar surface area (TPSA) is 38.7 Å². The van der Waals surface area contributed by atoms with Crippen molar-refractivity contribution in [2.45, 2.75) is 6.42 Å². The molecule has 0 N–H and O–H groups in total. The van der Waals surface area contributed by atoms with Crippen LogP contribution >= 0.6 is 0 Å². The van der Waals surface area contributed by atoms with Crippen molar-refractivity contribution in [1.29, 1.82) is 0 Å². The van der Waals surface area contributed by atoms with Gasteiger partial charge in [-0.05, 0) is 6.42 Å². The molecular formula is C9H11NO2. The first kappa shape index (κ1) is 8.71. The van der Waals surface area contributed by atoms with Crippen molar-refractivity contribution < 1.29 is 9.53 Å². The van der Waals surface area contributed by atoms with Crippen molar-refractivity contribution in [2.75, 3.05) is 7.11 Å². The zero-order chi connectivity index (χ0) is 8.97. The summed E-state index contributed by atoms with van der Waals surface area (Å²) in [6, 6.07) is 0. The fourth-order valence-corrected chi connectivity index (χ4v) is 1.06. The van der Waals surface area contributed by atoms with Crippen molar-refractivity contribution in [3.8, 4) is 0 Å². The minimum Gasteiger partial charge on any atom is -0.465 e. The molecule has 3 heteroatoms. The monoisotopic (exact) mass is 165 g/mol. The van der Waals surface area contributed by atoms with Gasteiger partial charge in [-0.3, -0.25) is 4.99 Å². The first-order chi connectivity index (χ1) is 5.79. The molecule has 1 heterocycles. The lowest BCUT2D eigenvalue weighted by molar-refractivity contribution is -0.133. The van der Waals surface area contributed by atoms with E-state index < -0.39 is 0 Å². The zero-order valence-corrected chi connectivity index (χ0v) is 6.99. The number of ether oxygens (including phenoxy) is 1. The Labute approximate surface area is 71.4 Å². The van der Waals surface area contributed by atoms with E-state index in [4.69, 9.17) is 0 Å². The van der Waals surface area contributed by atoms with Crippen LogP contribution in [-0.4, -0.2) is 18.8 Å². The normalized spacial score (nSPS) is 21.4. The minimum absolute atomic E-state index is 0.00227. The highest BCUT2D eigenvalue weighted by atomic mass is 16.5. The molecule has 1 aliphatic heterocycles. The second-order valence-corrected chi connectivity index (χ2v) is 2.47. The smallest absolute Gasteiger partial charge is 0.353 e. The van der Waals surface area contributed by atoms with E-state index in [1.165, 1.54) is 7.11 Å². The second kappa shape index (κ2) is 3.85. The number of esters is 1. The summed E-state index contributed by atoms with van der Waals surface area (Å²) in [6.45, 7) is 3.63. The van der Waals surface area contributed by atoms with Crippen molar-refractivity contribution in [2.24, 2.45) is 10.9 Å². The SMILES string of the molecule is C=C[C@H]1CC=CN=C1C(=O)OC. The molecule has 12 heavy (non-hydrogen) atoms. The average molecular weight is 165 g/mol. The first-order valence-corrected chi connectivity index (χ1v) is 3.73. The van der Waals surface area contributed by atoms with Crippen molar-refractivity contribution in [3.05, 3.63) is 24.9 Å². The van der Waals surface area contributed by atoms with E-state index in [1.54, 1.807) is 12.3 Å². The van der Waals surface area contributed by atoms with Gasteiger partial charge in [0.05, 0.1) is 7.11 Å². The van der Waals surface area contributed by atoms with Crippen LogP contribution in [0.25, 0.3) is 0 Å². The van der Waals surface area contributed by atoms with Gasteiger partial charge in [-0.1, -0.05) is 12.2 Å². The Kier molecular flexibility index (Phi) is 2.80. The van der Waals surface area contributed by atoms with Crippen LogP contribution in [-0.2, 0) is 9.53 Å². The van der Waals surface area contributed by atoms with Crippen LogP contribution < -0.4 is 0 Å². The highest BCUT2D eigenvalue weighted by Crippen LogP contribution is 2.14. The van der Waals surface area contributed by atoms with Crippen LogP contribution in [0.3, 0.4) is 0 Å². The van der Waals surface area contributed by atoms with E-state index in [2.05, 4.69) is 16.3 Å². The van der Waals surface area contributed by atoms with Gasteiger partial charge in [-0.2, -0.15) is 0 Å². The summed E-state index contributed by atoms with van der Waals surface area (Å²) in [7, 11) is 1.35. The number of carbonyl (C=O) groups is 1. The molecule has 64 valence electrons. The van der Waals surface area contributed by atoms with Gasteiger partial charge in [0.2, 0.25) is 0 Å². The minimum atomic E-state index is -0.371. The quantitative estimate of drug-likeness (QED) is 0.457. The van der Waals surface area contributed by atoms with Crippen LogP contribution in [0.2, 0.25) is 0 Å². The standard InChI is InChI=1S/C9H11NO2/c1-3-7-5-4-6-10-8(7)9(11)12-2/h3-4,6-7H,1,5H2,2H3/t7-/m0/s1. The average Bonchev–Trinajstić information content (AvgIpc) is 2.16. The maximum absolute atomic E-state index is 11.1. The molecule has 0 fully saturated rings. The summed E-state index contributed by atoms with van der Waals surface area (Å²) < 4.78 is 4.57. The predicted octanol–water partition coefficient (Wildman–Crippen LogP) is 1.32. The number of hydrogen-bond donors (Lipinski definition) is 0. The fourth-order valence-electron chi connectivity index (χ4n) is 1.06. The van der Waals surface area contributed by atoms with Gasteiger partial charge in [0.15, 0.2) is 0 Å². The Bertz CT molecular complexity index is 253. The lowest BCUT2D eigenvalue weighted by atomic mass is 9.98. The molecule has 0 aromatic carbocycles. The molecule has 0 aromatic heterocycles. The first-order valence-electron chi connectivity index (χ1n) is 3.73. The van der Waals surface area contributed by atoms with E-state index in [9.17, 15) is 4.79 Å². The molecule has 1 atom stereocenters. The molecule has 0 radical (unpaired) electrons. The van der Waals surface area contributed by atoms with Crippen molar-refractivity contribution >= 4 is 11.7 Å². The molecule has 0 aliphatic carbocycles. The zero-order valence-electron chi connectivity index (χ0n) is 6.99. The molecule has 0 amide bonds. The highest BCUT2D eigenvalue weighted by Gasteiger charge is 2.21. The van der Waals surface area contributed by atoms with Gasteiger partial charge in [0.1, 0.15) is 5.71 Å². The molecule has 0 aromatic rings. The predicted molar refractivity (Wildman–Crippen MR) is 46.9 cm³/mol. The van der Waals surface area contributed by atoms with Crippen LogP contribution in [0.1, 0.15) is 6.42 Å². The number of rotatable bonds is 2. The Morgan fingerprint density at radius 1 is 1.92 bits per heavy atom. The fraction of sp³-hybridized carbons (Fsp3) is 0.333. The number of allylic oxidation sites excluding steroid dienone is 2. The third-order valence-corrected chi connectivity index (χ3v) is 1.74. The highest BCUT2D eigenvalue weighted by molar-refractivity contribution is 6.38. The second-order valence-electron chi connectivity index (χ2n) is 2.47.